The number of aromatic hydroxyl groups is 1. The Labute approximate surface area is 457 Å². The number of H-pyrrole nitrogens is 1. The summed E-state index contributed by atoms with van der Waals surface area (Å²) in [6.45, 7) is 14.4. The molecule has 22 nitrogen and oxygen atoms in total. The maximum absolute atomic E-state index is 14.9. The summed E-state index contributed by atoms with van der Waals surface area (Å²) in [7, 11) is 0. The standard InChI is InChI=1S/C54H77BrN10O12/c1-9-15-37(61-50(73)43(29(7)10-2)64-51(74)44(68)30(8)11-3)48(71)62-38-16-13-22-56-47(70)40(26-34-33-25-32(66)19-20-36(33)59-46(34)55)58-42(67)21-18-31-27-77-53(57-31)35(12-4)60-52(75)45(69)39(24-28(5)6)63-49(72)41-17-14-23-65(41)54(38)76/h18-21,25,27-30,35,37-41,43-44,59,66,68H,9-17,22-24,26H2,1-8H3,(H,56,70)(H,58,67)(H,60,75)(H,61,73)(H,62,71)(H,63,72)(H,64,74)/b21-18+/t29?,30?,35-,37-,38-,39-,40-,41-,43?,44?/m0/s1. The summed E-state index contributed by atoms with van der Waals surface area (Å²) in [6, 6.07) is -3.41. The van der Waals surface area contributed by atoms with Gasteiger partial charge in [0.05, 0.1) is 10.6 Å². The predicted molar refractivity (Wildman–Crippen MR) is 289 cm³/mol. The number of halogens is 1. The van der Waals surface area contributed by atoms with Gasteiger partial charge in [-0.1, -0.05) is 74.7 Å². The second-order valence-electron chi connectivity index (χ2n) is 20.6. The number of carbonyl (C=O) groups excluding carboxylic acids is 9. The number of amides is 8. The molecule has 0 aliphatic carbocycles. The van der Waals surface area contributed by atoms with Crippen molar-refractivity contribution < 1.29 is 57.8 Å². The van der Waals surface area contributed by atoms with Gasteiger partial charge in [-0.2, -0.15) is 0 Å². The van der Waals surface area contributed by atoms with Gasteiger partial charge in [-0.15, -0.1) is 0 Å². The highest BCUT2D eigenvalue weighted by molar-refractivity contribution is 9.10. The quantitative estimate of drug-likeness (QED) is 0.0865. The molecule has 0 saturated carbocycles. The molecule has 23 heteroatoms. The molecule has 4 heterocycles. The van der Waals surface area contributed by atoms with Crippen LogP contribution in [0.25, 0.3) is 17.0 Å². The number of hydrogen-bond acceptors (Lipinski definition) is 13. The Morgan fingerprint density at radius 3 is 2.26 bits per heavy atom. The zero-order chi connectivity index (χ0) is 56.7. The number of aliphatic hydroxyl groups excluding tert-OH is 1. The lowest BCUT2D eigenvalue weighted by Crippen LogP contribution is -2.60. The van der Waals surface area contributed by atoms with Crippen LogP contribution < -0.4 is 37.2 Å². The summed E-state index contributed by atoms with van der Waals surface area (Å²) in [5, 5.41) is 40.9. The van der Waals surface area contributed by atoms with Crippen molar-refractivity contribution in [3.8, 4) is 5.75 Å². The number of hydrogen-bond donors (Lipinski definition) is 10. The third-order valence-corrected chi connectivity index (χ3v) is 15.0. The second-order valence-corrected chi connectivity index (χ2v) is 21.4. The second kappa shape index (κ2) is 28.7. The van der Waals surface area contributed by atoms with Gasteiger partial charge in [-0.25, -0.2) is 4.98 Å². The van der Waals surface area contributed by atoms with E-state index in [1.165, 1.54) is 29.4 Å². The monoisotopic (exact) mass is 1140 g/mol. The Hall–Kier alpha value is -6.62. The number of aromatic nitrogens is 2. The number of phenols is 1. The number of aliphatic hydroxyl groups is 1. The molecule has 4 unspecified atom stereocenters. The third kappa shape index (κ3) is 16.4. The van der Waals surface area contributed by atoms with Crippen LogP contribution in [0.2, 0.25) is 0 Å². The SMILES string of the molecule is CCC[C@H](NC(=O)C(NC(=O)C(O)C(C)CC)C(C)CC)C(=O)N[C@H]1CCCNC(=O)[C@H](Cc2c(Br)[nH]c3ccc(O)cc23)NC(=O)/C=C/c2coc(n2)[C@H](CC)NC(=O)C(=O)[C@H](CC(C)C)NC(=O)[C@@H]2CCCN2C1=O. The minimum Gasteiger partial charge on any atom is -0.508 e. The average molecular weight is 1140 g/mol. The van der Waals surface area contributed by atoms with Gasteiger partial charge in [0.1, 0.15) is 60.1 Å². The zero-order valence-corrected chi connectivity index (χ0v) is 46.8. The Morgan fingerprint density at radius 1 is 0.857 bits per heavy atom. The summed E-state index contributed by atoms with van der Waals surface area (Å²) in [5.74, 6) is -7.59. The predicted octanol–water partition coefficient (Wildman–Crippen LogP) is 3.64. The number of carbonyl (C=O) groups is 9. The lowest BCUT2D eigenvalue weighted by molar-refractivity contribution is -0.144. The van der Waals surface area contributed by atoms with Crippen molar-refractivity contribution in [3.63, 3.8) is 0 Å². The number of Topliss-reactive ketones (excluding diaryl/α,β-unsaturated/α-hetero) is 1. The van der Waals surface area contributed by atoms with Crippen LogP contribution in [-0.4, -0.2) is 134 Å². The van der Waals surface area contributed by atoms with E-state index in [0.717, 1.165) is 6.08 Å². The van der Waals surface area contributed by atoms with E-state index < -0.39 is 107 Å². The molecule has 0 spiro atoms. The Bertz CT molecular complexity index is 2630. The van der Waals surface area contributed by atoms with Crippen LogP contribution in [0.5, 0.6) is 5.75 Å². The molecule has 1 fully saturated rings. The fourth-order valence-electron chi connectivity index (χ4n) is 9.35. The minimum atomic E-state index is -1.37. The van der Waals surface area contributed by atoms with E-state index in [2.05, 4.69) is 63.1 Å². The van der Waals surface area contributed by atoms with Crippen molar-refractivity contribution in [2.24, 2.45) is 17.8 Å². The lowest BCUT2D eigenvalue weighted by Gasteiger charge is -2.31. The number of aromatic amines is 1. The molecule has 10 atom stereocenters. The summed E-state index contributed by atoms with van der Waals surface area (Å²) in [6.07, 6.45) is 4.77. The number of phenolic OH excluding ortho intramolecular Hbond substituents is 1. The summed E-state index contributed by atoms with van der Waals surface area (Å²) in [4.78, 5) is 135. The smallest absolute Gasteiger partial charge is 0.290 e. The van der Waals surface area contributed by atoms with Crippen LogP contribution in [-0.2, 0) is 49.6 Å². The molecular formula is C54H77BrN10O12. The number of nitrogens with zero attached hydrogens (tertiary/aromatic N) is 2. The van der Waals surface area contributed by atoms with E-state index in [0.29, 0.717) is 46.8 Å². The van der Waals surface area contributed by atoms with Crippen LogP contribution >= 0.6 is 15.9 Å². The molecule has 2 bridgehead atoms. The molecule has 77 heavy (non-hydrogen) atoms. The van der Waals surface area contributed by atoms with Gasteiger partial charge in [0, 0.05) is 36.5 Å². The molecule has 8 amide bonds. The molecule has 3 aromatic rings. The van der Waals surface area contributed by atoms with Crippen LogP contribution in [0, 0.1) is 17.8 Å². The molecule has 422 valence electrons. The van der Waals surface area contributed by atoms with E-state index in [-0.39, 0.29) is 87.2 Å². The first-order valence-corrected chi connectivity index (χ1v) is 27.7. The molecule has 5 rings (SSSR count). The van der Waals surface area contributed by atoms with Crippen molar-refractivity contribution in [3.05, 3.63) is 52.3 Å². The number of benzene rings is 1. The first kappa shape index (κ1) is 61.2. The van der Waals surface area contributed by atoms with Gasteiger partial charge >= 0.3 is 0 Å². The largest absolute Gasteiger partial charge is 0.508 e. The molecule has 2 aromatic heterocycles. The van der Waals surface area contributed by atoms with Gasteiger partial charge in [0.2, 0.25) is 53.0 Å². The van der Waals surface area contributed by atoms with Crippen LogP contribution in [0.15, 0.2) is 39.6 Å². The third-order valence-electron chi connectivity index (χ3n) is 14.3. The van der Waals surface area contributed by atoms with E-state index in [9.17, 15) is 53.4 Å². The number of ketones is 1. The van der Waals surface area contributed by atoms with E-state index in [1.54, 1.807) is 33.8 Å². The highest BCUT2D eigenvalue weighted by atomic mass is 79.9. The zero-order valence-electron chi connectivity index (χ0n) is 45.3. The normalized spacial score (nSPS) is 22.8. The van der Waals surface area contributed by atoms with Crippen LogP contribution in [0.3, 0.4) is 0 Å². The Kier molecular flexibility index (Phi) is 22.8. The Balaban J connectivity index is 1.49. The molecule has 0 radical (unpaired) electrons. The summed E-state index contributed by atoms with van der Waals surface area (Å²) in [5.41, 5.74) is 1.42. The summed E-state index contributed by atoms with van der Waals surface area (Å²) < 4.78 is 6.17. The lowest BCUT2D eigenvalue weighted by atomic mass is 9.95. The van der Waals surface area contributed by atoms with E-state index in [1.807, 2.05) is 27.7 Å². The topological polar surface area (TPSA) is 323 Å². The molecule has 2 aliphatic rings. The molecule has 1 aromatic carbocycles. The van der Waals surface area contributed by atoms with Gasteiger partial charge < -0.3 is 61.7 Å². The molecule has 10 N–H and O–H groups in total. The first-order chi connectivity index (χ1) is 36.6. The van der Waals surface area contributed by atoms with E-state index in [4.69, 9.17) is 4.42 Å². The highest BCUT2D eigenvalue weighted by Crippen LogP contribution is 2.31. The van der Waals surface area contributed by atoms with Crippen molar-refractivity contribution in [1.29, 1.82) is 0 Å². The maximum atomic E-state index is 14.9. The van der Waals surface area contributed by atoms with Gasteiger partial charge in [-0.05, 0) is 108 Å². The van der Waals surface area contributed by atoms with Gasteiger partial charge in [0.25, 0.3) is 5.91 Å². The number of fused-ring (bicyclic) bond motifs is 4. The maximum Gasteiger partial charge on any atom is 0.290 e. The first-order valence-electron chi connectivity index (χ1n) is 26.9. The minimum absolute atomic E-state index is 0.0216. The number of nitrogens with one attached hydrogen (secondary N) is 8. The molecule has 2 aliphatic heterocycles. The fraction of sp³-hybridized carbons (Fsp3) is 0.593. The fourth-order valence-corrected chi connectivity index (χ4v) is 9.94. The van der Waals surface area contributed by atoms with Crippen molar-refractivity contribution in [1.82, 2.24) is 52.1 Å². The molecule has 1 saturated heterocycles. The van der Waals surface area contributed by atoms with Gasteiger partial charge in [-0.3, -0.25) is 43.2 Å². The highest BCUT2D eigenvalue weighted by Gasteiger charge is 2.41. The van der Waals surface area contributed by atoms with E-state index >= 15 is 0 Å². The van der Waals surface area contributed by atoms with Crippen LogP contribution in [0.4, 0.5) is 0 Å². The van der Waals surface area contributed by atoms with Crippen molar-refractivity contribution >= 4 is 85.9 Å². The average Bonchev–Trinajstić information content (AvgIpc) is 4.16. The van der Waals surface area contributed by atoms with Crippen molar-refractivity contribution in [2.75, 3.05) is 13.1 Å². The van der Waals surface area contributed by atoms with Crippen molar-refractivity contribution in [2.45, 2.75) is 174 Å². The molecular weight excluding hydrogens is 1060 g/mol. The Morgan fingerprint density at radius 2 is 1.58 bits per heavy atom. The number of oxazole rings is 1. The van der Waals surface area contributed by atoms with Gasteiger partial charge in [0.15, 0.2) is 0 Å². The number of rotatable bonds is 17. The summed E-state index contributed by atoms with van der Waals surface area (Å²) >= 11 is 3.52. The van der Waals surface area contributed by atoms with Crippen LogP contribution in [0.1, 0.15) is 143 Å².